The van der Waals surface area contributed by atoms with Gasteiger partial charge in [-0.05, 0) is 50.1 Å². The molecule has 2 N–H and O–H groups in total. The van der Waals surface area contributed by atoms with Gasteiger partial charge in [-0.1, -0.05) is 6.42 Å². The van der Waals surface area contributed by atoms with Gasteiger partial charge in [0, 0.05) is 38.6 Å². The van der Waals surface area contributed by atoms with Crippen LogP contribution < -0.4 is 15.5 Å². The summed E-state index contributed by atoms with van der Waals surface area (Å²) in [4.78, 5) is 18.2. The lowest BCUT2D eigenvalue weighted by atomic mass is 10.1. The number of carbonyl (C=O) groups excluding carboxylic acids is 1. The molecule has 1 fully saturated rings. The Balaban J connectivity index is 0.00000364. The minimum Gasteiger partial charge on any atom is -0.469 e. The number of piperidine rings is 1. The molecule has 0 spiro atoms. The molecule has 1 saturated heterocycles. The number of hydrogen-bond donors (Lipinski definition) is 2. The molecule has 1 aliphatic rings. The van der Waals surface area contributed by atoms with Crippen LogP contribution in [0.4, 0.5) is 5.00 Å². The SMILES string of the molecule is CCNC(=NCCCCCC(=O)OC)NC1CCN(c2cccs2)CC1.I. The van der Waals surface area contributed by atoms with E-state index in [4.69, 9.17) is 0 Å². The van der Waals surface area contributed by atoms with Crippen molar-refractivity contribution in [3.8, 4) is 0 Å². The van der Waals surface area contributed by atoms with Gasteiger partial charge in [0.1, 0.15) is 0 Å². The smallest absolute Gasteiger partial charge is 0.305 e. The summed E-state index contributed by atoms with van der Waals surface area (Å²) in [6, 6.07) is 4.79. The Morgan fingerprint density at radius 1 is 1.33 bits per heavy atom. The predicted molar refractivity (Wildman–Crippen MR) is 125 cm³/mol. The highest BCUT2D eigenvalue weighted by molar-refractivity contribution is 14.0. The zero-order valence-corrected chi connectivity index (χ0v) is 19.6. The Bertz CT molecular complexity index is 546. The lowest BCUT2D eigenvalue weighted by Crippen LogP contribution is -2.48. The van der Waals surface area contributed by atoms with E-state index in [1.54, 1.807) is 0 Å². The summed E-state index contributed by atoms with van der Waals surface area (Å²) in [5, 5.41) is 10.4. The Morgan fingerprint density at radius 3 is 2.74 bits per heavy atom. The molecule has 1 aromatic rings. The van der Waals surface area contributed by atoms with E-state index < -0.39 is 0 Å². The number of ether oxygens (including phenoxy) is 1. The monoisotopic (exact) mass is 508 g/mol. The fourth-order valence-corrected chi connectivity index (χ4v) is 3.84. The number of methoxy groups -OCH3 is 1. The molecule has 6 nitrogen and oxygen atoms in total. The maximum Gasteiger partial charge on any atom is 0.305 e. The number of aliphatic imine (C=N–C) groups is 1. The second-order valence-electron chi connectivity index (χ2n) is 6.50. The second kappa shape index (κ2) is 14.0. The van der Waals surface area contributed by atoms with E-state index in [0.29, 0.717) is 12.5 Å². The number of thiophene rings is 1. The summed E-state index contributed by atoms with van der Waals surface area (Å²) in [7, 11) is 1.44. The third kappa shape index (κ3) is 9.14. The summed E-state index contributed by atoms with van der Waals surface area (Å²) < 4.78 is 4.65. The van der Waals surface area contributed by atoms with E-state index in [1.807, 2.05) is 11.3 Å². The van der Waals surface area contributed by atoms with Crippen LogP contribution in [0.25, 0.3) is 0 Å². The van der Waals surface area contributed by atoms with E-state index in [1.165, 1.54) is 12.1 Å². The van der Waals surface area contributed by atoms with Gasteiger partial charge in [-0.15, -0.1) is 35.3 Å². The summed E-state index contributed by atoms with van der Waals surface area (Å²) in [6.07, 6.45) is 5.61. The topological polar surface area (TPSA) is 66.0 Å². The van der Waals surface area contributed by atoms with Gasteiger partial charge in [-0.3, -0.25) is 9.79 Å². The number of anilines is 1. The van der Waals surface area contributed by atoms with E-state index in [2.05, 4.69) is 49.7 Å². The van der Waals surface area contributed by atoms with Crippen LogP contribution >= 0.6 is 35.3 Å². The number of unbranched alkanes of at least 4 members (excludes halogenated alkanes) is 2. The molecule has 0 unspecified atom stereocenters. The van der Waals surface area contributed by atoms with Crippen LogP contribution in [0.5, 0.6) is 0 Å². The van der Waals surface area contributed by atoms with Gasteiger partial charge < -0.3 is 20.3 Å². The van der Waals surface area contributed by atoms with Crippen molar-refractivity contribution in [1.29, 1.82) is 0 Å². The van der Waals surface area contributed by atoms with Gasteiger partial charge in [0.05, 0.1) is 12.1 Å². The molecule has 1 aromatic heterocycles. The molecular weight excluding hydrogens is 475 g/mol. The first-order chi connectivity index (χ1) is 12.7. The zero-order valence-electron chi connectivity index (χ0n) is 16.4. The Kier molecular flexibility index (Phi) is 12.5. The predicted octanol–water partition coefficient (Wildman–Crippen LogP) is 3.62. The van der Waals surface area contributed by atoms with Crippen LogP contribution in [-0.4, -0.2) is 51.3 Å². The fraction of sp³-hybridized carbons (Fsp3) is 0.684. The molecule has 1 aliphatic heterocycles. The molecule has 2 heterocycles. The van der Waals surface area contributed by atoms with Crippen molar-refractivity contribution in [3.63, 3.8) is 0 Å². The standard InChI is InChI=1S/C19H32N4O2S.HI/c1-3-20-19(21-12-6-4-5-9-18(24)25-2)22-16-10-13-23(14-11-16)17-8-7-15-26-17;/h7-8,15-16H,3-6,9-14H2,1-2H3,(H2,20,21,22);1H. The fourth-order valence-electron chi connectivity index (χ4n) is 3.06. The highest BCUT2D eigenvalue weighted by atomic mass is 127. The van der Waals surface area contributed by atoms with Crippen molar-refractivity contribution in [2.75, 3.05) is 38.2 Å². The van der Waals surface area contributed by atoms with Crippen molar-refractivity contribution < 1.29 is 9.53 Å². The molecule has 0 aliphatic carbocycles. The summed E-state index contributed by atoms with van der Waals surface area (Å²) in [6.45, 7) is 5.91. The van der Waals surface area contributed by atoms with Crippen LogP contribution in [0, 0.1) is 0 Å². The van der Waals surface area contributed by atoms with Crippen LogP contribution in [0.2, 0.25) is 0 Å². The second-order valence-corrected chi connectivity index (χ2v) is 7.43. The Labute approximate surface area is 184 Å². The lowest BCUT2D eigenvalue weighted by Gasteiger charge is -2.33. The molecule has 27 heavy (non-hydrogen) atoms. The molecule has 0 bridgehead atoms. The van der Waals surface area contributed by atoms with Crippen molar-refractivity contribution >= 4 is 52.2 Å². The average molecular weight is 508 g/mol. The Hall–Kier alpha value is -1.03. The van der Waals surface area contributed by atoms with Crippen molar-refractivity contribution in [3.05, 3.63) is 17.5 Å². The first-order valence-electron chi connectivity index (χ1n) is 9.63. The number of halogens is 1. The molecule has 2 rings (SSSR count). The van der Waals surface area contributed by atoms with E-state index in [0.717, 1.165) is 64.2 Å². The Morgan fingerprint density at radius 2 is 2.11 bits per heavy atom. The minimum absolute atomic E-state index is 0. The summed E-state index contributed by atoms with van der Waals surface area (Å²) in [5.41, 5.74) is 0. The third-order valence-electron chi connectivity index (χ3n) is 4.53. The van der Waals surface area contributed by atoms with E-state index >= 15 is 0 Å². The number of guanidine groups is 1. The molecule has 0 amide bonds. The zero-order chi connectivity index (χ0) is 18.6. The average Bonchev–Trinajstić information content (AvgIpc) is 3.19. The number of nitrogens with zero attached hydrogens (tertiary/aromatic N) is 2. The maximum atomic E-state index is 11.1. The maximum absolute atomic E-state index is 11.1. The number of hydrogen-bond acceptors (Lipinski definition) is 5. The van der Waals surface area contributed by atoms with E-state index in [9.17, 15) is 4.79 Å². The quantitative estimate of drug-likeness (QED) is 0.175. The molecule has 154 valence electrons. The van der Waals surface area contributed by atoms with Gasteiger partial charge >= 0.3 is 5.97 Å². The van der Waals surface area contributed by atoms with Gasteiger partial charge in [-0.25, -0.2) is 0 Å². The molecule has 0 saturated carbocycles. The number of rotatable bonds is 9. The summed E-state index contributed by atoms with van der Waals surface area (Å²) >= 11 is 1.81. The van der Waals surface area contributed by atoms with Gasteiger partial charge in [-0.2, -0.15) is 0 Å². The number of carbonyl (C=O) groups is 1. The van der Waals surface area contributed by atoms with Crippen molar-refractivity contribution in [2.45, 2.75) is 51.5 Å². The van der Waals surface area contributed by atoms with Gasteiger partial charge in [0.15, 0.2) is 5.96 Å². The van der Waals surface area contributed by atoms with Crippen molar-refractivity contribution in [2.24, 2.45) is 4.99 Å². The van der Waals surface area contributed by atoms with Crippen molar-refractivity contribution in [1.82, 2.24) is 10.6 Å². The highest BCUT2D eigenvalue weighted by Gasteiger charge is 2.20. The molecule has 8 heteroatoms. The van der Waals surface area contributed by atoms with Crippen LogP contribution in [0.3, 0.4) is 0 Å². The molecule has 0 atom stereocenters. The first kappa shape index (κ1) is 24.0. The van der Waals surface area contributed by atoms with Gasteiger partial charge in [0.25, 0.3) is 0 Å². The molecule has 0 radical (unpaired) electrons. The normalized spacial score (nSPS) is 15.2. The summed E-state index contributed by atoms with van der Waals surface area (Å²) in [5.74, 6) is 0.785. The number of esters is 1. The largest absolute Gasteiger partial charge is 0.469 e. The van der Waals surface area contributed by atoms with Crippen LogP contribution in [0.1, 0.15) is 45.4 Å². The number of nitrogens with one attached hydrogen (secondary N) is 2. The minimum atomic E-state index is -0.127. The highest BCUT2D eigenvalue weighted by Crippen LogP contribution is 2.24. The van der Waals surface area contributed by atoms with E-state index in [-0.39, 0.29) is 29.9 Å². The van der Waals surface area contributed by atoms with Crippen LogP contribution in [0.15, 0.2) is 22.5 Å². The third-order valence-corrected chi connectivity index (χ3v) is 5.46. The molecule has 0 aromatic carbocycles. The molecular formula is C19H33IN4O2S. The lowest BCUT2D eigenvalue weighted by molar-refractivity contribution is -0.140. The van der Waals surface area contributed by atoms with Gasteiger partial charge in [0.2, 0.25) is 0 Å². The first-order valence-corrected chi connectivity index (χ1v) is 10.5. The van der Waals surface area contributed by atoms with Crippen LogP contribution in [-0.2, 0) is 9.53 Å².